The van der Waals surface area contributed by atoms with Gasteiger partial charge in [-0.2, -0.15) is 0 Å². The summed E-state index contributed by atoms with van der Waals surface area (Å²) in [4.78, 5) is 22.3. The molecule has 0 heterocycles. The summed E-state index contributed by atoms with van der Waals surface area (Å²) in [5.74, 6) is 0.565. The standard InChI is InChI=1S/C29H30O7/c1-28(2)13-14-29(3,4)22-15-18(11-12-21(22)28)17-34-23-9-6-10-24(36-27(32)33)25(23)19-7-5-8-20(16-19)35-26(30)31/h5-12,15-16H,13-14,17H2,1-4H3,(H,30,31)(H,32,33). The van der Waals surface area contributed by atoms with Crippen molar-refractivity contribution in [2.45, 2.75) is 58.0 Å². The number of hydrogen-bond donors (Lipinski definition) is 2. The van der Waals surface area contributed by atoms with E-state index in [2.05, 4.69) is 45.9 Å². The van der Waals surface area contributed by atoms with Crippen LogP contribution in [0.15, 0.2) is 60.7 Å². The first-order valence-electron chi connectivity index (χ1n) is 11.8. The molecule has 0 saturated heterocycles. The number of hydrogen-bond acceptors (Lipinski definition) is 5. The molecule has 0 unspecified atom stereocenters. The smallest absolute Gasteiger partial charge is 0.488 e. The molecule has 0 aliphatic heterocycles. The Hall–Kier alpha value is -4.00. The molecule has 3 aromatic rings. The fourth-order valence-electron chi connectivity index (χ4n) is 4.80. The SMILES string of the molecule is CC1(C)CCC(C)(C)c2cc(COc3cccc(OC(=O)O)c3-c3cccc(OC(=O)O)c3)ccc21. The molecule has 0 spiro atoms. The van der Waals surface area contributed by atoms with E-state index in [9.17, 15) is 14.7 Å². The molecule has 7 heteroatoms. The van der Waals surface area contributed by atoms with Crippen LogP contribution < -0.4 is 14.2 Å². The molecular formula is C29H30O7. The highest BCUT2D eigenvalue weighted by Gasteiger charge is 2.36. The predicted octanol–water partition coefficient (Wildman–Crippen LogP) is 7.40. The van der Waals surface area contributed by atoms with Crippen molar-refractivity contribution in [1.82, 2.24) is 0 Å². The van der Waals surface area contributed by atoms with Crippen molar-refractivity contribution in [2.24, 2.45) is 0 Å². The summed E-state index contributed by atoms with van der Waals surface area (Å²) < 4.78 is 16.0. The van der Waals surface area contributed by atoms with E-state index in [0.29, 0.717) is 16.9 Å². The quantitative estimate of drug-likeness (QED) is 0.274. The third-order valence-corrected chi connectivity index (χ3v) is 6.82. The van der Waals surface area contributed by atoms with Gasteiger partial charge in [-0.25, -0.2) is 9.59 Å². The molecule has 7 nitrogen and oxygen atoms in total. The van der Waals surface area contributed by atoms with Gasteiger partial charge in [-0.3, -0.25) is 0 Å². The lowest BCUT2D eigenvalue weighted by molar-refractivity contribution is 0.143. The molecule has 0 aromatic heterocycles. The lowest BCUT2D eigenvalue weighted by Gasteiger charge is -2.42. The van der Waals surface area contributed by atoms with E-state index in [4.69, 9.17) is 19.3 Å². The maximum atomic E-state index is 11.3. The third kappa shape index (κ3) is 5.30. The zero-order valence-corrected chi connectivity index (χ0v) is 20.8. The van der Waals surface area contributed by atoms with Crippen molar-refractivity contribution in [3.63, 3.8) is 0 Å². The van der Waals surface area contributed by atoms with Crippen molar-refractivity contribution in [3.05, 3.63) is 77.4 Å². The average molecular weight is 491 g/mol. The number of ether oxygens (including phenoxy) is 3. The normalized spacial score (nSPS) is 15.4. The first-order chi connectivity index (χ1) is 17.0. The number of carboxylic acid groups (broad SMARTS) is 2. The zero-order valence-electron chi connectivity index (χ0n) is 20.8. The Balaban J connectivity index is 1.70. The molecule has 0 amide bonds. The van der Waals surface area contributed by atoms with Crippen LogP contribution in [0.2, 0.25) is 0 Å². The second kappa shape index (κ2) is 9.57. The summed E-state index contributed by atoms with van der Waals surface area (Å²) in [7, 11) is 0. The maximum absolute atomic E-state index is 11.3. The summed E-state index contributed by atoms with van der Waals surface area (Å²) in [5, 5.41) is 18.2. The molecule has 0 atom stereocenters. The van der Waals surface area contributed by atoms with Crippen LogP contribution in [0.3, 0.4) is 0 Å². The molecule has 36 heavy (non-hydrogen) atoms. The molecule has 0 fully saturated rings. The second-order valence-corrected chi connectivity index (χ2v) is 10.3. The van der Waals surface area contributed by atoms with E-state index in [0.717, 1.165) is 18.4 Å². The Morgan fingerprint density at radius 2 is 1.42 bits per heavy atom. The summed E-state index contributed by atoms with van der Waals surface area (Å²) >= 11 is 0. The zero-order chi connectivity index (χ0) is 26.1. The van der Waals surface area contributed by atoms with Gasteiger partial charge in [0.05, 0.1) is 5.56 Å². The van der Waals surface area contributed by atoms with E-state index in [-0.39, 0.29) is 28.9 Å². The summed E-state index contributed by atoms with van der Waals surface area (Å²) in [5.41, 5.74) is 4.73. The second-order valence-electron chi connectivity index (χ2n) is 10.3. The Morgan fingerprint density at radius 1 is 0.778 bits per heavy atom. The van der Waals surface area contributed by atoms with E-state index < -0.39 is 12.3 Å². The molecule has 1 aliphatic carbocycles. The highest BCUT2D eigenvalue weighted by Crippen LogP contribution is 2.46. The summed E-state index contributed by atoms with van der Waals surface area (Å²) in [6.45, 7) is 9.35. The van der Waals surface area contributed by atoms with Crippen LogP contribution in [0.5, 0.6) is 17.2 Å². The van der Waals surface area contributed by atoms with Crippen molar-refractivity contribution in [2.75, 3.05) is 0 Å². The van der Waals surface area contributed by atoms with E-state index in [1.54, 1.807) is 24.3 Å². The van der Waals surface area contributed by atoms with Gasteiger partial charge in [0, 0.05) is 0 Å². The highest BCUT2D eigenvalue weighted by atomic mass is 16.7. The van der Waals surface area contributed by atoms with Gasteiger partial charge < -0.3 is 24.4 Å². The Labute approximate surface area is 210 Å². The molecule has 4 rings (SSSR count). The monoisotopic (exact) mass is 490 g/mol. The van der Waals surface area contributed by atoms with Crippen molar-refractivity contribution >= 4 is 12.3 Å². The van der Waals surface area contributed by atoms with Crippen molar-refractivity contribution < 1.29 is 34.0 Å². The van der Waals surface area contributed by atoms with Gasteiger partial charge in [-0.05, 0) is 70.2 Å². The highest BCUT2D eigenvalue weighted by molar-refractivity contribution is 5.80. The lowest BCUT2D eigenvalue weighted by atomic mass is 9.63. The summed E-state index contributed by atoms with van der Waals surface area (Å²) in [6, 6.07) is 17.7. The largest absolute Gasteiger partial charge is 0.511 e. The molecule has 0 saturated carbocycles. The van der Waals surface area contributed by atoms with Crippen LogP contribution in [0.25, 0.3) is 11.1 Å². The molecule has 3 aromatic carbocycles. The predicted molar refractivity (Wildman–Crippen MR) is 135 cm³/mol. The average Bonchev–Trinajstić information content (AvgIpc) is 2.80. The minimum Gasteiger partial charge on any atom is -0.488 e. The molecule has 188 valence electrons. The number of rotatable bonds is 6. The van der Waals surface area contributed by atoms with Gasteiger partial charge in [0.25, 0.3) is 0 Å². The van der Waals surface area contributed by atoms with Crippen LogP contribution in [-0.2, 0) is 17.4 Å². The van der Waals surface area contributed by atoms with Gasteiger partial charge in [0.1, 0.15) is 23.9 Å². The van der Waals surface area contributed by atoms with Crippen molar-refractivity contribution in [3.8, 4) is 28.4 Å². The Bertz CT molecular complexity index is 1310. The fourth-order valence-corrected chi connectivity index (χ4v) is 4.80. The van der Waals surface area contributed by atoms with Crippen LogP contribution in [0.1, 0.15) is 57.2 Å². The number of fused-ring (bicyclic) bond motifs is 1. The van der Waals surface area contributed by atoms with Gasteiger partial charge in [-0.15, -0.1) is 0 Å². The Kier molecular flexibility index (Phi) is 6.67. The molecular weight excluding hydrogens is 460 g/mol. The molecule has 1 aliphatic rings. The first kappa shape index (κ1) is 25.1. The van der Waals surface area contributed by atoms with E-state index in [1.807, 2.05) is 0 Å². The first-order valence-corrected chi connectivity index (χ1v) is 11.8. The lowest BCUT2D eigenvalue weighted by Crippen LogP contribution is -2.33. The Morgan fingerprint density at radius 3 is 2.11 bits per heavy atom. The summed E-state index contributed by atoms with van der Waals surface area (Å²) in [6.07, 6.45) is -0.680. The van der Waals surface area contributed by atoms with Crippen LogP contribution in [0.4, 0.5) is 9.59 Å². The van der Waals surface area contributed by atoms with Crippen LogP contribution in [0, 0.1) is 0 Å². The topological polar surface area (TPSA) is 102 Å². The van der Waals surface area contributed by atoms with Crippen LogP contribution in [-0.4, -0.2) is 22.5 Å². The minimum atomic E-state index is -1.47. The number of carbonyl (C=O) groups is 2. The maximum Gasteiger partial charge on any atom is 0.511 e. The van der Waals surface area contributed by atoms with Gasteiger partial charge in [-0.1, -0.05) is 64.1 Å². The van der Waals surface area contributed by atoms with Crippen LogP contribution >= 0.6 is 0 Å². The molecule has 0 radical (unpaired) electrons. The van der Waals surface area contributed by atoms with E-state index >= 15 is 0 Å². The minimum absolute atomic E-state index is 0.0614. The number of benzene rings is 3. The van der Waals surface area contributed by atoms with E-state index in [1.165, 1.54) is 29.3 Å². The molecule has 2 N–H and O–H groups in total. The van der Waals surface area contributed by atoms with Gasteiger partial charge in [0.15, 0.2) is 0 Å². The van der Waals surface area contributed by atoms with Gasteiger partial charge >= 0.3 is 12.3 Å². The third-order valence-electron chi connectivity index (χ3n) is 6.82. The fraction of sp³-hybridized carbons (Fsp3) is 0.310. The molecule has 0 bridgehead atoms. The van der Waals surface area contributed by atoms with Crippen molar-refractivity contribution in [1.29, 1.82) is 0 Å². The van der Waals surface area contributed by atoms with Gasteiger partial charge in [0.2, 0.25) is 0 Å².